The number of alkyl halides is 2. The summed E-state index contributed by atoms with van der Waals surface area (Å²) in [5.74, 6) is 0. The van der Waals surface area contributed by atoms with Crippen molar-refractivity contribution in [2.75, 3.05) is 10.7 Å². The summed E-state index contributed by atoms with van der Waals surface area (Å²) in [6.07, 6.45) is 0.836. The first-order valence-electron chi connectivity index (χ1n) is 6.80. The zero-order valence-corrected chi connectivity index (χ0v) is 16.4. The molecule has 1 aromatic heterocycles. The summed E-state index contributed by atoms with van der Waals surface area (Å²) >= 11 is 13.8. The van der Waals surface area contributed by atoms with Crippen LogP contribution >= 0.6 is 43.5 Å². The minimum atomic E-state index is -0.0441. The molecule has 0 amide bonds. The van der Waals surface area contributed by atoms with Crippen molar-refractivity contribution in [3.8, 4) is 0 Å². The van der Waals surface area contributed by atoms with Crippen LogP contribution in [0.25, 0.3) is 0 Å². The zero-order valence-electron chi connectivity index (χ0n) is 12.5. The highest BCUT2D eigenvalue weighted by Crippen LogP contribution is 2.35. The number of rotatable bonds is 5. The first kappa shape index (κ1) is 17.0. The second kappa shape index (κ2) is 6.84. The van der Waals surface area contributed by atoms with Crippen LogP contribution in [0.4, 0.5) is 0 Å². The van der Waals surface area contributed by atoms with Gasteiger partial charge < -0.3 is 0 Å². The van der Waals surface area contributed by atoms with Crippen molar-refractivity contribution in [1.29, 1.82) is 0 Å². The van der Waals surface area contributed by atoms with Crippen LogP contribution in [0.15, 0.2) is 24.3 Å². The lowest BCUT2D eigenvalue weighted by atomic mass is 9.80. The monoisotopic (exact) mass is 432 g/mol. The van der Waals surface area contributed by atoms with E-state index in [0.717, 1.165) is 33.5 Å². The van der Waals surface area contributed by atoms with Gasteiger partial charge in [-0.15, -0.1) is 0 Å². The highest BCUT2D eigenvalue weighted by Gasteiger charge is 2.33. The summed E-state index contributed by atoms with van der Waals surface area (Å²) < 4.78 is 1.89. The number of aryl methyl sites for hydroxylation is 3. The molecule has 2 rings (SSSR count). The molecule has 0 spiro atoms. The molecule has 0 unspecified atom stereocenters. The molecule has 1 heterocycles. The fourth-order valence-corrected chi connectivity index (χ4v) is 4.69. The van der Waals surface area contributed by atoms with Gasteiger partial charge in [0.2, 0.25) is 0 Å². The van der Waals surface area contributed by atoms with Gasteiger partial charge in [0.15, 0.2) is 0 Å². The Balaban J connectivity index is 2.45. The number of halogens is 3. The lowest BCUT2D eigenvalue weighted by molar-refractivity contribution is 0.523. The van der Waals surface area contributed by atoms with Crippen LogP contribution in [0, 0.1) is 13.8 Å². The van der Waals surface area contributed by atoms with E-state index in [2.05, 4.69) is 68.1 Å². The Bertz CT molecular complexity index is 616. The Hall–Kier alpha value is -0.320. The van der Waals surface area contributed by atoms with Gasteiger partial charge in [-0.1, -0.05) is 73.3 Å². The molecule has 0 aliphatic rings. The van der Waals surface area contributed by atoms with Gasteiger partial charge in [-0.25, -0.2) is 0 Å². The van der Waals surface area contributed by atoms with E-state index in [1.165, 1.54) is 11.1 Å². The Morgan fingerprint density at radius 1 is 1.14 bits per heavy atom. The first-order chi connectivity index (χ1) is 9.93. The Kier molecular flexibility index (Phi) is 5.55. The van der Waals surface area contributed by atoms with Gasteiger partial charge >= 0.3 is 0 Å². The normalized spacial score (nSPS) is 11.9. The number of aromatic nitrogens is 2. The molecule has 21 heavy (non-hydrogen) atoms. The predicted octanol–water partition coefficient (Wildman–Crippen LogP) is 4.96. The molecule has 0 aliphatic carbocycles. The topological polar surface area (TPSA) is 17.8 Å². The largest absolute Gasteiger partial charge is 0.271 e. The quantitative estimate of drug-likeness (QED) is 0.608. The van der Waals surface area contributed by atoms with E-state index in [1.54, 1.807) is 0 Å². The smallest absolute Gasteiger partial charge is 0.0847 e. The van der Waals surface area contributed by atoms with Gasteiger partial charge in [0, 0.05) is 29.5 Å². The molecule has 0 aliphatic heterocycles. The molecule has 0 N–H and O–H groups in total. The highest BCUT2D eigenvalue weighted by atomic mass is 79.9. The third kappa shape index (κ3) is 3.38. The van der Waals surface area contributed by atoms with Crippen LogP contribution in [-0.2, 0) is 18.9 Å². The average molecular weight is 435 g/mol. The number of hydrogen-bond donors (Lipinski definition) is 0. The minimum Gasteiger partial charge on any atom is -0.271 e. The summed E-state index contributed by atoms with van der Waals surface area (Å²) in [7, 11) is 1.95. The molecular formula is C16H19Br2ClN2. The maximum atomic E-state index is 6.43. The first-order valence-corrected chi connectivity index (χ1v) is 9.42. The second-order valence-electron chi connectivity index (χ2n) is 5.56. The molecule has 0 atom stereocenters. The maximum absolute atomic E-state index is 6.43. The second-order valence-corrected chi connectivity index (χ2v) is 7.06. The van der Waals surface area contributed by atoms with Gasteiger partial charge in [0.1, 0.15) is 0 Å². The van der Waals surface area contributed by atoms with Gasteiger partial charge in [0.25, 0.3) is 0 Å². The fraction of sp³-hybridized carbons (Fsp3) is 0.438. The van der Waals surface area contributed by atoms with E-state index in [4.69, 9.17) is 11.6 Å². The molecule has 114 valence electrons. The fourth-order valence-electron chi connectivity index (χ4n) is 2.49. The zero-order chi connectivity index (χ0) is 15.6. The average Bonchev–Trinajstić information content (AvgIpc) is 2.72. The Labute approximate surface area is 148 Å². The van der Waals surface area contributed by atoms with E-state index in [1.807, 2.05) is 18.7 Å². The van der Waals surface area contributed by atoms with Gasteiger partial charge in [-0.2, -0.15) is 5.10 Å². The summed E-state index contributed by atoms with van der Waals surface area (Å²) in [4.78, 5) is 0. The molecule has 0 saturated heterocycles. The molecule has 5 heteroatoms. The van der Waals surface area contributed by atoms with E-state index < -0.39 is 0 Å². The van der Waals surface area contributed by atoms with Gasteiger partial charge in [-0.05, 0) is 19.4 Å². The van der Waals surface area contributed by atoms with Crippen molar-refractivity contribution in [1.82, 2.24) is 9.78 Å². The minimum absolute atomic E-state index is 0.0441. The van der Waals surface area contributed by atoms with Crippen molar-refractivity contribution in [2.45, 2.75) is 25.7 Å². The van der Waals surface area contributed by atoms with Crippen molar-refractivity contribution < 1.29 is 0 Å². The van der Waals surface area contributed by atoms with Gasteiger partial charge in [-0.3, -0.25) is 4.68 Å². The third-order valence-corrected chi connectivity index (χ3v) is 6.58. The lowest BCUT2D eigenvalue weighted by Gasteiger charge is -2.31. The third-order valence-electron chi connectivity index (χ3n) is 3.94. The lowest BCUT2D eigenvalue weighted by Crippen LogP contribution is -2.33. The summed E-state index contributed by atoms with van der Waals surface area (Å²) in [5.41, 5.74) is 4.49. The van der Waals surface area contributed by atoms with E-state index in [0.29, 0.717) is 0 Å². The molecule has 0 saturated carbocycles. The molecule has 1 aromatic carbocycles. The summed E-state index contributed by atoms with van der Waals surface area (Å²) in [5, 5.41) is 6.91. The van der Waals surface area contributed by atoms with Crippen LogP contribution in [-0.4, -0.2) is 20.4 Å². The Morgan fingerprint density at radius 3 is 2.14 bits per heavy atom. The maximum Gasteiger partial charge on any atom is 0.0847 e. The number of benzene rings is 1. The van der Waals surface area contributed by atoms with Crippen LogP contribution < -0.4 is 0 Å². The molecule has 2 nitrogen and oxygen atoms in total. The summed E-state index contributed by atoms with van der Waals surface area (Å²) in [6, 6.07) is 8.72. The molecule has 0 bridgehead atoms. The highest BCUT2D eigenvalue weighted by molar-refractivity contribution is 9.09. The van der Waals surface area contributed by atoms with Crippen LogP contribution in [0.5, 0.6) is 0 Å². The van der Waals surface area contributed by atoms with Crippen LogP contribution in [0.2, 0.25) is 5.02 Å². The molecular weight excluding hydrogens is 415 g/mol. The Morgan fingerprint density at radius 2 is 1.71 bits per heavy atom. The van der Waals surface area contributed by atoms with Crippen LogP contribution in [0.3, 0.4) is 0 Å². The van der Waals surface area contributed by atoms with Crippen LogP contribution in [0.1, 0.15) is 22.5 Å². The van der Waals surface area contributed by atoms with Crippen molar-refractivity contribution in [2.24, 2.45) is 7.05 Å². The standard InChI is InChI=1S/C16H19Br2ClN2/c1-11-4-6-13(7-5-11)16(9-17,10-18)8-14-15(19)12(2)20-21(14)3/h4-7H,8-10H2,1-3H3. The van der Waals surface area contributed by atoms with E-state index in [-0.39, 0.29) is 5.41 Å². The predicted molar refractivity (Wildman–Crippen MR) is 97.1 cm³/mol. The summed E-state index contributed by atoms with van der Waals surface area (Å²) in [6.45, 7) is 4.05. The molecule has 0 fully saturated rings. The van der Waals surface area contributed by atoms with E-state index >= 15 is 0 Å². The molecule has 2 aromatic rings. The van der Waals surface area contributed by atoms with Crippen molar-refractivity contribution in [3.63, 3.8) is 0 Å². The SMILES string of the molecule is Cc1ccc(C(CBr)(CBr)Cc2c(Cl)c(C)nn2C)cc1. The van der Waals surface area contributed by atoms with Gasteiger partial charge in [0.05, 0.1) is 16.4 Å². The van der Waals surface area contributed by atoms with E-state index in [9.17, 15) is 0 Å². The van der Waals surface area contributed by atoms with Crippen molar-refractivity contribution >= 4 is 43.5 Å². The molecule has 0 radical (unpaired) electrons. The van der Waals surface area contributed by atoms with Crippen molar-refractivity contribution in [3.05, 3.63) is 51.8 Å². The number of nitrogens with zero attached hydrogens (tertiary/aromatic N) is 2. The number of hydrogen-bond acceptors (Lipinski definition) is 1.